The van der Waals surface area contributed by atoms with E-state index >= 15 is 0 Å². The van der Waals surface area contributed by atoms with Crippen LogP contribution in [0.25, 0.3) is 0 Å². The predicted molar refractivity (Wildman–Crippen MR) is 102 cm³/mol. The van der Waals surface area contributed by atoms with Gasteiger partial charge in [-0.1, -0.05) is 17.7 Å². The van der Waals surface area contributed by atoms with Crippen molar-refractivity contribution in [3.05, 3.63) is 64.9 Å². The van der Waals surface area contributed by atoms with Gasteiger partial charge in [-0.25, -0.2) is 9.28 Å². The zero-order chi connectivity index (χ0) is 19.3. The number of amides is 2. The first-order chi connectivity index (χ1) is 13.0. The van der Waals surface area contributed by atoms with Gasteiger partial charge in [0.15, 0.2) is 0 Å². The molecule has 27 heavy (non-hydrogen) atoms. The summed E-state index contributed by atoms with van der Waals surface area (Å²) < 4.78 is -0.267. The predicted octanol–water partition coefficient (Wildman–Crippen LogP) is 2.16. The Kier molecular flexibility index (Phi) is 6.21. The number of aliphatic hydroxyl groups is 1. The number of pyridine rings is 1. The molecule has 6 nitrogen and oxygen atoms in total. The maximum atomic E-state index is 13.1. The number of rotatable bonds is 6. The van der Waals surface area contributed by atoms with Gasteiger partial charge < -0.3 is 10.4 Å². The number of likely N-dealkylation sites (tertiary alicyclic amines) is 1. The van der Waals surface area contributed by atoms with E-state index in [0.29, 0.717) is 36.6 Å². The van der Waals surface area contributed by atoms with Gasteiger partial charge in [0.25, 0.3) is 6.23 Å². The summed E-state index contributed by atoms with van der Waals surface area (Å²) in [4.78, 5) is 29.8. The van der Waals surface area contributed by atoms with Crippen molar-refractivity contribution in [1.29, 1.82) is 0 Å². The zero-order valence-corrected chi connectivity index (χ0v) is 15.7. The lowest BCUT2D eigenvalue weighted by molar-refractivity contribution is -0.875. The molecule has 1 unspecified atom stereocenters. The number of carbonyl (C=O) groups is 2. The molecule has 0 bridgehead atoms. The molecule has 0 spiro atoms. The lowest BCUT2D eigenvalue weighted by atomic mass is 10.1. The SMILES string of the molecule is O=C(NCCc1ccccn1)C(O)[N+]1(C(=O)c2ccc(Cl)cc2)CCCC1. The minimum Gasteiger partial charge on any atom is -0.348 e. The molecular formula is C20H23ClN3O3+. The third kappa shape index (κ3) is 4.35. The van der Waals surface area contributed by atoms with Crippen LogP contribution in [0.4, 0.5) is 0 Å². The van der Waals surface area contributed by atoms with Crippen LogP contribution in [-0.2, 0) is 11.2 Å². The van der Waals surface area contributed by atoms with E-state index in [9.17, 15) is 14.7 Å². The van der Waals surface area contributed by atoms with Gasteiger partial charge in [0.05, 0.1) is 18.7 Å². The number of hydrogen-bond donors (Lipinski definition) is 2. The monoisotopic (exact) mass is 388 g/mol. The van der Waals surface area contributed by atoms with E-state index in [0.717, 1.165) is 18.5 Å². The van der Waals surface area contributed by atoms with Crippen molar-refractivity contribution < 1.29 is 19.2 Å². The highest BCUT2D eigenvalue weighted by molar-refractivity contribution is 6.30. The molecule has 0 saturated carbocycles. The molecule has 1 saturated heterocycles. The molecular weight excluding hydrogens is 366 g/mol. The summed E-state index contributed by atoms with van der Waals surface area (Å²) in [5.74, 6) is -0.785. The summed E-state index contributed by atoms with van der Waals surface area (Å²) in [6.07, 6.45) is 2.40. The second kappa shape index (κ2) is 8.61. The molecule has 1 fully saturated rings. The summed E-state index contributed by atoms with van der Waals surface area (Å²) in [5, 5.41) is 14.0. The summed E-state index contributed by atoms with van der Waals surface area (Å²) in [7, 11) is 0. The summed E-state index contributed by atoms with van der Waals surface area (Å²) in [6.45, 7) is 1.23. The van der Waals surface area contributed by atoms with Crippen LogP contribution in [0, 0.1) is 0 Å². The van der Waals surface area contributed by atoms with Crippen LogP contribution < -0.4 is 5.32 Å². The summed E-state index contributed by atoms with van der Waals surface area (Å²) >= 11 is 5.90. The molecule has 1 aromatic carbocycles. The van der Waals surface area contributed by atoms with E-state index in [2.05, 4.69) is 10.3 Å². The molecule has 1 atom stereocenters. The topological polar surface area (TPSA) is 79.3 Å². The molecule has 1 aromatic heterocycles. The van der Waals surface area contributed by atoms with Gasteiger partial charge in [-0.05, 0) is 36.4 Å². The fourth-order valence-corrected chi connectivity index (χ4v) is 3.61. The Morgan fingerprint density at radius 3 is 2.48 bits per heavy atom. The zero-order valence-electron chi connectivity index (χ0n) is 15.0. The van der Waals surface area contributed by atoms with Gasteiger partial charge in [0.1, 0.15) is 0 Å². The molecule has 1 aliphatic rings. The van der Waals surface area contributed by atoms with Crippen molar-refractivity contribution in [3.63, 3.8) is 0 Å². The molecule has 7 heteroatoms. The molecule has 1 aliphatic heterocycles. The van der Waals surface area contributed by atoms with Crippen molar-refractivity contribution in [1.82, 2.24) is 10.3 Å². The van der Waals surface area contributed by atoms with Crippen LogP contribution >= 0.6 is 11.6 Å². The summed E-state index contributed by atoms with van der Waals surface area (Å²) in [5.41, 5.74) is 1.30. The van der Waals surface area contributed by atoms with E-state index in [4.69, 9.17) is 11.6 Å². The maximum absolute atomic E-state index is 13.1. The van der Waals surface area contributed by atoms with Gasteiger partial charge in [-0.2, -0.15) is 0 Å². The van der Waals surface area contributed by atoms with Crippen molar-refractivity contribution in [2.75, 3.05) is 19.6 Å². The first-order valence-corrected chi connectivity index (χ1v) is 9.44. The average Bonchev–Trinajstić information content (AvgIpc) is 3.19. The molecule has 2 heterocycles. The first-order valence-electron chi connectivity index (χ1n) is 9.06. The van der Waals surface area contributed by atoms with Crippen molar-refractivity contribution in [2.45, 2.75) is 25.5 Å². The number of aromatic nitrogens is 1. The third-order valence-corrected chi connectivity index (χ3v) is 5.22. The van der Waals surface area contributed by atoms with Gasteiger partial charge in [0.2, 0.25) is 0 Å². The minimum atomic E-state index is -1.43. The first kappa shape index (κ1) is 19.5. The van der Waals surface area contributed by atoms with Crippen LogP contribution in [0.1, 0.15) is 28.9 Å². The van der Waals surface area contributed by atoms with E-state index in [1.165, 1.54) is 0 Å². The lowest BCUT2D eigenvalue weighted by Crippen LogP contribution is -2.62. The number of nitrogens with one attached hydrogen (secondary N) is 1. The van der Waals surface area contributed by atoms with Gasteiger partial charge in [-0.3, -0.25) is 9.78 Å². The molecule has 2 amide bonds. The molecule has 2 aromatic rings. The fourth-order valence-electron chi connectivity index (χ4n) is 3.48. The number of nitrogens with zero attached hydrogens (tertiary/aromatic N) is 2. The molecule has 142 valence electrons. The molecule has 2 N–H and O–H groups in total. The number of aliphatic hydroxyl groups excluding tert-OH is 1. The Morgan fingerprint density at radius 2 is 1.85 bits per heavy atom. The normalized spacial score (nSPS) is 16.7. The Bertz CT molecular complexity index is 790. The van der Waals surface area contributed by atoms with Crippen molar-refractivity contribution >= 4 is 23.4 Å². The van der Waals surface area contributed by atoms with Gasteiger partial charge in [0, 0.05) is 42.7 Å². The number of halogens is 1. The molecule has 0 aliphatic carbocycles. The quantitative estimate of drug-likeness (QED) is 0.743. The second-order valence-corrected chi connectivity index (χ2v) is 7.17. The van der Waals surface area contributed by atoms with Crippen LogP contribution in [0.3, 0.4) is 0 Å². The highest BCUT2D eigenvalue weighted by Crippen LogP contribution is 2.27. The Labute approximate surface area is 163 Å². The number of carbonyl (C=O) groups excluding carboxylic acids is 2. The number of hydrogen-bond acceptors (Lipinski definition) is 4. The number of benzene rings is 1. The summed E-state index contributed by atoms with van der Waals surface area (Å²) in [6, 6.07) is 12.1. The fraction of sp³-hybridized carbons (Fsp3) is 0.350. The molecule has 3 rings (SSSR count). The van der Waals surface area contributed by atoms with Crippen molar-refractivity contribution in [2.24, 2.45) is 0 Å². The van der Waals surface area contributed by atoms with Crippen LogP contribution in [0.15, 0.2) is 48.7 Å². The Hall–Kier alpha value is -2.28. The third-order valence-electron chi connectivity index (χ3n) is 4.97. The average molecular weight is 389 g/mol. The smallest absolute Gasteiger partial charge is 0.348 e. The van der Waals surface area contributed by atoms with Crippen molar-refractivity contribution in [3.8, 4) is 0 Å². The maximum Gasteiger partial charge on any atom is 0.348 e. The largest absolute Gasteiger partial charge is 0.348 e. The van der Waals surface area contributed by atoms with E-state index in [-0.39, 0.29) is 10.4 Å². The second-order valence-electron chi connectivity index (χ2n) is 6.74. The number of quaternary nitrogens is 1. The Balaban J connectivity index is 1.68. The highest BCUT2D eigenvalue weighted by Gasteiger charge is 2.49. The lowest BCUT2D eigenvalue weighted by Gasteiger charge is -2.34. The van der Waals surface area contributed by atoms with Crippen LogP contribution in [0.2, 0.25) is 5.02 Å². The standard InChI is InChI=1S/C20H22ClN3O3/c21-16-8-6-15(7-9-16)19(26)24(13-3-4-14-24)20(27)18(25)23-12-10-17-5-1-2-11-22-17/h1-2,5-9,11,20,27H,3-4,10,12-14H2/p+1. The van der Waals surface area contributed by atoms with Gasteiger partial charge >= 0.3 is 11.8 Å². The van der Waals surface area contributed by atoms with Crippen LogP contribution in [0.5, 0.6) is 0 Å². The van der Waals surface area contributed by atoms with E-state index in [1.54, 1.807) is 30.5 Å². The Morgan fingerprint density at radius 1 is 1.15 bits per heavy atom. The molecule has 0 radical (unpaired) electrons. The van der Waals surface area contributed by atoms with E-state index in [1.807, 2.05) is 18.2 Å². The van der Waals surface area contributed by atoms with E-state index < -0.39 is 12.1 Å². The highest BCUT2D eigenvalue weighted by atomic mass is 35.5. The van der Waals surface area contributed by atoms with Crippen LogP contribution in [-0.4, -0.2) is 52.3 Å². The van der Waals surface area contributed by atoms with Gasteiger partial charge in [-0.15, -0.1) is 0 Å². The minimum absolute atomic E-state index is 0.253.